The highest BCUT2D eigenvalue weighted by Crippen LogP contribution is 2.31. The van der Waals surface area contributed by atoms with Crippen molar-refractivity contribution in [3.8, 4) is 0 Å². The molecule has 1 aromatic heterocycles. The number of esters is 1. The van der Waals surface area contributed by atoms with Gasteiger partial charge in [0.05, 0.1) is 6.61 Å². The van der Waals surface area contributed by atoms with Gasteiger partial charge in [-0.05, 0) is 49.2 Å². The highest BCUT2D eigenvalue weighted by molar-refractivity contribution is 9.10. The van der Waals surface area contributed by atoms with E-state index in [-0.39, 0.29) is 0 Å². The number of hydrogen-bond donors (Lipinski definition) is 2. The van der Waals surface area contributed by atoms with Crippen molar-refractivity contribution in [2.75, 3.05) is 23.0 Å². The van der Waals surface area contributed by atoms with Gasteiger partial charge in [0, 0.05) is 10.2 Å². The minimum atomic E-state index is -0.396. The van der Waals surface area contributed by atoms with Crippen LogP contribution in [0.5, 0.6) is 0 Å². The first-order valence-corrected chi connectivity index (χ1v) is 10.2. The number of aromatic nitrogens is 1. The van der Waals surface area contributed by atoms with Gasteiger partial charge in [0.1, 0.15) is 0 Å². The van der Waals surface area contributed by atoms with Crippen molar-refractivity contribution >= 4 is 73.8 Å². The summed E-state index contributed by atoms with van der Waals surface area (Å²) in [6.45, 7) is 4.12. The number of ether oxygens (including phenoxy) is 1. The van der Waals surface area contributed by atoms with Crippen molar-refractivity contribution in [2.45, 2.75) is 18.2 Å². The number of hydrogen-bond acceptors (Lipinski definition) is 6. The lowest BCUT2D eigenvalue weighted by atomic mass is 10.3. The number of nitrogens with zero attached hydrogens (tertiary/aromatic N) is 1. The predicted octanol–water partition coefficient (Wildman–Crippen LogP) is 5.00. The Morgan fingerprint density at radius 2 is 2.04 bits per heavy atom. The molecule has 1 heterocycles. The molecule has 0 saturated carbocycles. The maximum atomic E-state index is 12.1. The number of carbonyl (C=O) groups excluding carboxylic acids is 1. The predicted molar refractivity (Wildman–Crippen MR) is 108 cm³/mol. The van der Waals surface area contributed by atoms with Gasteiger partial charge in [0.15, 0.2) is 20.1 Å². The summed E-state index contributed by atoms with van der Waals surface area (Å²) < 4.78 is 6.87. The summed E-state index contributed by atoms with van der Waals surface area (Å²) >= 11 is 11.6. The van der Waals surface area contributed by atoms with Gasteiger partial charge in [-0.1, -0.05) is 46.0 Å². The number of halogens is 1. The molecule has 0 atom stereocenters. The van der Waals surface area contributed by atoms with Crippen molar-refractivity contribution in [3.63, 3.8) is 0 Å². The lowest BCUT2D eigenvalue weighted by Crippen LogP contribution is -2.20. The zero-order valence-electron chi connectivity index (χ0n) is 13.1. The topological polar surface area (TPSA) is 63.2 Å². The van der Waals surface area contributed by atoms with E-state index >= 15 is 0 Å². The Morgan fingerprint density at radius 1 is 1.33 bits per heavy atom. The van der Waals surface area contributed by atoms with Crippen LogP contribution in [0.2, 0.25) is 0 Å². The molecule has 0 bridgehead atoms. The van der Waals surface area contributed by atoms with Crippen molar-refractivity contribution < 1.29 is 9.53 Å². The van der Waals surface area contributed by atoms with Crippen LogP contribution in [0.1, 0.15) is 23.5 Å². The number of nitrogens with one attached hydrogen (secondary N) is 2. The van der Waals surface area contributed by atoms with E-state index < -0.39 is 5.97 Å². The number of rotatable bonds is 6. The third-order valence-electron chi connectivity index (χ3n) is 2.67. The Balaban J connectivity index is 2.12. The van der Waals surface area contributed by atoms with Crippen LogP contribution < -0.4 is 10.6 Å². The maximum absolute atomic E-state index is 12.1. The highest BCUT2D eigenvalue weighted by atomic mass is 79.9. The smallest absolute Gasteiger partial charge is 0.352 e. The van der Waals surface area contributed by atoms with Gasteiger partial charge in [0.25, 0.3) is 0 Å². The fraction of sp³-hybridized carbons (Fsp3) is 0.267. The van der Waals surface area contributed by atoms with Gasteiger partial charge in [0.2, 0.25) is 0 Å². The summed E-state index contributed by atoms with van der Waals surface area (Å²) in [6, 6.07) is 7.61. The molecule has 5 nitrogen and oxygen atoms in total. The second-order valence-electron chi connectivity index (χ2n) is 4.40. The van der Waals surface area contributed by atoms with E-state index in [1.165, 1.54) is 11.3 Å². The van der Waals surface area contributed by atoms with Crippen molar-refractivity contribution in [3.05, 3.63) is 33.6 Å². The molecule has 2 N–H and O–H groups in total. The van der Waals surface area contributed by atoms with E-state index in [0.29, 0.717) is 22.4 Å². The van der Waals surface area contributed by atoms with E-state index in [2.05, 4.69) is 31.5 Å². The lowest BCUT2D eigenvalue weighted by molar-refractivity contribution is 0.0533. The molecule has 0 aliphatic carbocycles. The summed E-state index contributed by atoms with van der Waals surface area (Å²) in [5.74, 6) is 0.896. The standard InChI is InChI=1S/C15H16BrN3O2S3/c1-3-21-13(20)11-12(19-15(24-11)23-4-2)18-14(22)17-10-7-5-9(16)6-8-10/h5-8H,3-4H2,1-2H3,(H2,17,18,22). The van der Waals surface area contributed by atoms with Crippen molar-refractivity contribution in [1.82, 2.24) is 4.98 Å². The lowest BCUT2D eigenvalue weighted by Gasteiger charge is -2.10. The molecular weight excluding hydrogens is 430 g/mol. The molecule has 0 aliphatic rings. The third-order valence-corrected chi connectivity index (χ3v) is 5.46. The summed E-state index contributed by atoms with van der Waals surface area (Å²) in [4.78, 5) is 16.9. The Morgan fingerprint density at radius 3 is 2.67 bits per heavy atom. The van der Waals surface area contributed by atoms with Gasteiger partial charge in [-0.3, -0.25) is 0 Å². The van der Waals surface area contributed by atoms with E-state index in [0.717, 1.165) is 20.3 Å². The average Bonchev–Trinajstić information content (AvgIpc) is 2.93. The summed E-state index contributed by atoms with van der Waals surface area (Å²) in [7, 11) is 0. The van der Waals surface area contributed by atoms with E-state index in [4.69, 9.17) is 17.0 Å². The first kappa shape index (κ1) is 19.2. The second kappa shape index (κ2) is 9.36. The maximum Gasteiger partial charge on any atom is 0.352 e. The Hall–Kier alpha value is -1.16. The number of thiocarbonyl (C=S) groups is 1. The van der Waals surface area contributed by atoms with Gasteiger partial charge in [-0.2, -0.15) is 0 Å². The Kier molecular flexibility index (Phi) is 7.47. The van der Waals surface area contributed by atoms with Gasteiger partial charge >= 0.3 is 5.97 Å². The van der Waals surface area contributed by atoms with Crippen molar-refractivity contribution in [2.24, 2.45) is 0 Å². The molecule has 0 unspecified atom stereocenters. The summed E-state index contributed by atoms with van der Waals surface area (Å²) in [5, 5.41) is 6.41. The first-order chi connectivity index (χ1) is 11.5. The molecule has 0 fully saturated rings. The molecule has 0 spiro atoms. The number of carbonyl (C=O) groups is 1. The molecule has 1 aromatic carbocycles. The number of thiazole rings is 1. The van der Waals surface area contributed by atoms with Crippen LogP contribution in [0.4, 0.5) is 11.5 Å². The van der Waals surface area contributed by atoms with Crippen LogP contribution in [-0.4, -0.2) is 28.4 Å². The minimum absolute atomic E-state index is 0.314. The molecule has 9 heteroatoms. The second-order valence-corrected chi connectivity index (χ2v) is 8.23. The monoisotopic (exact) mass is 445 g/mol. The van der Waals surface area contributed by atoms with Gasteiger partial charge < -0.3 is 15.4 Å². The molecule has 0 aliphatic heterocycles. The molecule has 128 valence electrons. The fourth-order valence-electron chi connectivity index (χ4n) is 1.71. The summed E-state index contributed by atoms with van der Waals surface area (Å²) in [5.41, 5.74) is 0.840. The zero-order valence-corrected chi connectivity index (χ0v) is 17.1. The number of benzene rings is 1. The van der Waals surface area contributed by atoms with Crippen LogP contribution in [0.25, 0.3) is 0 Å². The van der Waals surface area contributed by atoms with Gasteiger partial charge in [-0.15, -0.1) is 0 Å². The van der Waals surface area contributed by atoms with E-state index in [9.17, 15) is 4.79 Å². The molecule has 0 radical (unpaired) electrons. The quantitative estimate of drug-likeness (QED) is 0.368. The van der Waals surface area contributed by atoms with E-state index in [1.54, 1.807) is 18.7 Å². The Labute approximate surface area is 162 Å². The molecule has 2 aromatic rings. The SMILES string of the molecule is CCOC(=O)c1sc(SCC)nc1NC(=S)Nc1ccc(Br)cc1. The first-order valence-electron chi connectivity index (χ1n) is 7.17. The van der Waals surface area contributed by atoms with Crippen LogP contribution in [0, 0.1) is 0 Å². The molecule has 24 heavy (non-hydrogen) atoms. The van der Waals surface area contributed by atoms with E-state index in [1.807, 2.05) is 31.2 Å². The highest BCUT2D eigenvalue weighted by Gasteiger charge is 2.20. The minimum Gasteiger partial charge on any atom is -0.462 e. The van der Waals surface area contributed by atoms with Crippen LogP contribution >= 0.6 is 51.2 Å². The third kappa shape index (κ3) is 5.44. The largest absolute Gasteiger partial charge is 0.462 e. The Bertz CT molecular complexity index is 719. The average molecular weight is 446 g/mol. The van der Waals surface area contributed by atoms with Gasteiger partial charge in [-0.25, -0.2) is 9.78 Å². The fourth-order valence-corrected chi connectivity index (χ4v) is 4.08. The summed E-state index contributed by atoms with van der Waals surface area (Å²) in [6.07, 6.45) is 0. The van der Waals surface area contributed by atoms with Crippen molar-refractivity contribution in [1.29, 1.82) is 0 Å². The normalized spacial score (nSPS) is 10.3. The molecular formula is C15H16BrN3O2S3. The van der Waals surface area contributed by atoms with Crippen LogP contribution in [0.3, 0.4) is 0 Å². The van der Waals surface area contributed by atoms with Crippen LogP contribution in [0.15, 0.2) is 33.1 Å². The molecule has 0 saturated heterocycles. The molecule has 2 rings (SSSR count). The number of thioether (sulfide) groups is 1. The molecule has 0 amide bonds. The zero-order chi connectivity index (χ0) is 17.5. The number of anilines is 2. The van der Waals surface area contributed by atoms with Crippen LogP contribution in [-0.2, 0) is 4.74 Å².